The van der Waals surface area contributed by atoms with Crippen LogP contribution in [-0.2, 0) is 17.6 Å². The summed E-state index contributed by atoms with van der Waals surface area (Å²) < 4.78 is 6.03. The van der Waals surface area contributed by atoms with Crippen molar-refractivity contribution >= 4 is 44.3 Å². The van der Waals surface area contributed by atoms with Crippen molar-refractivity contribution in [2.24, 2.45) is 10.2 Å². The highest BCUT2D eigenvalue weighted by Gasteiger charge is 2.20. The first-order valence-corrected chi connectivity index (χ1v) is 13.1. The molecule has 5 rings (SSSR count). The van der Waals surface area contributed by atoms with Gasteiger partial charge >= 0.3 is 0 Å². The van der Waals surface area contributed by atoms with E-state index in [0.717, 1.165) is 49.2 Å². The number of nitrogens with zero attached hydrogens (tertiary/aromatic N) is 3. The Kier molecular flexibility index (Phi) is 7.54. The number of hydrogen-bond acceptors (Lipinski definition) is 7. The Hall–Kier alpha value is -3.28. The summed E-state index contributed by atoms with van der Waals surface area (Å²) >= 11 is 3.46. The first-order chi connectivity index (χ1) is 17.9. The number of aromatic hydroxyl groups is 1. The number of aliphatic hydroxyl groups excluding tert-OH is 1. The van der Waals surface area contributed by atoms with Crippen LogP contribution in [0, 0.1) is 0 Å². The lowest BCUT2D eigenvalue weighted by molar-refractivity contribution is -0.117. The van der Waals surface area contributed by atoms with E-state index in [1.807, 2.05) is 18.2 Å². The number of aromatic amines is 1. The zero-order chi connectivity index (χ0) is 25.9. The summed E-state index contributed by atoms with van der Waals surface area (Å²) in [6, 6.07) is 8.91. The number of benzene rings is 2. The lowest BCUT2D eigenvalue weighted by atomic mass is 10.1. The molecule has 1 fully saturated rings. The van der Waals surface area contributed by atoms with Crippen molar-refractivity contribution in [2.45, 2.75) is 31.8 Å². The minimum atomic E-state index is -0.442. The third kappa shape index (κ3) is 5.84. The van der Waals surface area contributed by atoms with Crippen LogP contribution in [0.2, 0.25) is 0 Å². The number of β-amino-alcohol motifs (C(OH)–C–C–N with tert-alkyl or cyclic N) is 1. The Labute approximate surface area is 221 Å². The van der Waals surface area contributed by atoms with E-state index in [2.05, 4.69) is 41.4 Å². The van der Waals surface area contributed by atoms with E-state index in [9.17, 15) is 19.8 Å². The van der Waals surface area contributed by atoms with E-state index in [1.54, 1.807) is 12.1 Å². The molecule has 0 unspecified atom stereocenters. The quantitative estimate of drug-likeness (QED) is 0.241. The number of fused-ring (bicyclic) bond motifs is 2. The normalized spacial score (nSPS) is 17.4. The van der Waals surface area contributed by atoms with Crippen molar-refractivity contribution in [3.8, 4) is 11.6 Å². The van der Waals surface area contributed by atoms with Gasteiger partial charge in [0.1, 0.15) is 5.75 Å². The fourth-order valence-electron chi connectivity index (χ4n) is 4.77. The van der Waals surface area contributed by atoms with Crippen LogP contribution in [-0.4, -0.2) is 70.8 Å². The van der Waals surface area contributed by atoms with Gasteiger partial charge in [0.2, 0.25) is 5.88 Å². The monoisotopic (exact) mass is 569 g/mol. The number of aliphatic hydroxyl groups is 1. The average molecular weight is 570 g/mol. The van der Waals surface area contributed by atoms with E-state index in [-0.39, 0.29) is 30.0 Å². The maximum Gasteiger partial charge on any atom is 0.269 e. The average Bonchev–Trinajstić information content (AvgIpc) is 3.58. The largest absolute Gasteiger partial charge is 0.493 e. The first-order valence-electron chi connectivity index (χ1n) is 12.3. The SMILES string of the molecule is O=C(Cc1ccc2c(c1)CCO2)N=Nc1c(O)[nH]c2cc(C(=O)NCCCN3CC[C@@H](O)C3)cc(Br)c12. The lowest BCUT2D eigenvalue weighted by Crippen LogP contribution is -2.29. The number of hydrogen-bond donors (Lipinski definition) is 4. The first kappa shape index (κ1) is 25.4. The van der Waals surface area contributed by atoms with Crippen molar-refractivity contribution in [1.82, 2.24) is 15.2 Å². The van der Waals surface area contributed by atoms with Crippen molar-refractivity contribution in [3.05, 3.63) is 51.5 Å². The van der Waals surface area contributed by atoms with Crippen LogP contribution < -0.4 is 10.1 Å². The van der Waals surface area contributed by atoms with Crippen LogP contribution in [0.15, 0.2) is 45.0 Å². The minimum Gasteiger partial charge on any atom is -0.493 e. The van der Waals surface area contributed by atoms with Crippen LogP contribution in [0.3, 0.4) is 0 Å². The Morgan fingerprint density at radius 1 is 1.27 bits per heavy atom. The molecule has 194 valence electrons. The predicted molar refractivity (Wildman–Crippen MR) is 141 cm³/mol. The molecular formula is C26H28BrN5O5. The van der Waals surface area contributed by atoms with Gasteiger partial charge in [0.05, 0.1) is 24.6 Å². The smallest absolute Gasteiger partial charge is 0.269 e. The third-order valence-corrected chi connectivity index (χ3v) is 7.25. The molecule has 0 radical (unpaired) electrons. The van der Waals surface area contributed by atoms with Crippen LogP contribution >= 0.6 is 15.9 Å². The Morgan fingerprint density at radius 3 is 2.95 bits per heavy atom. The number of rotatable bonds is 8. The van der Waals surface area contributed by atoms with Crippen LogP contribution in [0.4, 0.5) is 5.69 Å². The van der Waals surface area contributed by atoms with Gasteiger partial charge in [0.15, 0.2) is 5.69 Å². The topological polar surface area (TPSA) is 140 Å². The Morgan fingerprint density at radius 2 is 2.14 bits per heavy atom. The van der Waals surface area contributed by atoms with Gasteiger partial charge in [-0.1, -0.05) is 12.1 Å². The van der Waals surface area contributed by atoms with E-state index in [0.29, 0.717) is 40.6 Å². The molecule has 0 spiro atoms. The Bertz CT molecular complexity index is 1370. The second-order valence-corrected chi connectivity index (χ2v) is 10.2. The van der Waals surface area contributed by atoms with E-state index >= 15 is 0 Å². The summed E-state index contributed by atoms with van der Waals surface area (Å²) in [5.41, 5.74) is 2.93. The maximum absolute atomic E-state index is 12.7. The molecule has 2 aromatic carbocycles. The standard InChI is InChI=1S/C26H28BrN5O5/c27-19-12-17(25(35)28-6-1-7-32-8-4-18(33)14-32)13-20-23(19)24(26(36)29-20)31-30-22(34)11-15-2-3-21-16(10-15)5-9-37-21/h2-3,10,12-13,18,29,33,36H,1,4-9,11,14H2,(H,28,35)/t18-/m1/s1. The van der Waals surface area contributed by atoms with Crippen molar-refractivity contribution in [2.75, 3.05) is 32.8 Å². The van der Waals surface area contributed by atoms with Gasteiger partial charge in [-0.3, -0.25) is 9.59 Å². The molecule has 0 saturated carbocycles. The fourth-order valence-corrected chi connectivity index (χ4v) is 5.42. The van der Waals surface area contributed by atoms with E-state index < -0.39 is 5.91 Å². The highest BCUT2D eigenvalue weighted by atomic mass is 79.9. The highest BCUT2D eigenvalue weighted by Crippen LogP contribution is 2.40. The molecule has 10 nitrogen and oxygen atoms in total. The number of carbonyl (C=O) groups is 2. The molecule has 4 N–H and O–H groups in total. The number of aromatic nitrogens is 1. The molecule has 3 heterocycles. The lowest BCUT2D eigenvalue weighted by Gasteiger charge is -2.14. The summed E-state index contributed by atoms with van der Waals surface area (Å²) in [6.07, 6.45) is 2.23. The van der Waals surface area contributed by atoms with Gasteiger partial charge in [0.25, 0.3) is 11.8 Å². The summed E-state index contributed by atoms with van der Waals surface area (Å²) in [7, 11) is 0. The molecule has 2 aliphatic heterocycles. The summed E-state index contributed by atoms with van der Waals surface area (Å²) in [5.74, 6) is -0.0750. The molecule has 1 aromatic heterocycles. The van der Waals surface area contributed by atoms with E-state index in [1.165, 1.54) is 0 Å². The summed E-state index contributed by atoms with van der Waals surface area (Å²) in [5, 5.41) is 31.3. The molecule has 0 aliphatic carbocycles. The number of carbonyl (C=O) groups excluding carboxylic acids is 2. The number of halogens is 1. The number of likely N-dealkylation sites (tertiary alicyclic amines) is 1. The van der Waals surface area contributed by atoms with Gasteiger partial charge in [-0.25, -0.2) is 0 Å². The molecule has 0 bridgehead atoms. The predicted octanol–water partition coefficient (Wildman–Crippen LogP) is 3.61. The minimum absolute atomic E-state index is 0.0870. The second-order valence-electron chi connectivity index (χ2n) is 9.37. The van der Waals surface area contributed by atoms with Crippen LogP contribution in [0.25, 0.3) is 10.9 Å². The van der Waals surface area contributed by atoms with Gasteiger partial charge < -0.3 is 30.2 Å². The van der Waals surface area contributed by atoms with Crippen molar-refractivity contribution < 1.29 is 24.5 Å². The molecule has 2 amide bonds. The zero-order valence-corrected chi connectivity index (χ0v) is 21.8. The molecule has 1 atom stereocenters. The molecule has 3 aromatic rings. The Balaban J connectivity index is 1.22. The van der Waals surface area contributed by atoms with Gasteiger partial charge in [-0.2, -0.15) is 0 Å². The van der Waals surface area contributed by atoms with Crippen LogP contribution in [0.5, 0.6) is 11.6 Å². The maximum atomic E-state index is 12.7. The summed E-state index contributed by atoms with van der Waals surface area (Å²) in [4.78, 5) is 30.1. The number of azo groups is 1. The van der Waals surface area contributed by atoms with Gasteiger partial charge in [0, 0.05) is 41.5 Å². The van der Waals surface area contributed by atoms with Gasteiger partial charge in [-0.05, 0) is 64.6 Å². The number of nitrogens with one attached hydrogen (secondary N) is 2. The molecular weight excluding hydrogens is 542 g/mol. The van der Waals surface area contributed by atoms with Crippen molar-refractivity contribution in [1.29, 1.82) is 0 Å². The fraction of sp³-hybridized carbons (Fsp3) is 0.385. The summed E-state index contributed by atoms with van der Waals surface area (Å²) in [6.45, 7) is 3.54. The zero-order valence-electron chi connectivity index (χ0n) is 20.2. The number of ether oxygens (including phenoxy) is 1. The second kappa shape index (κ2) is 11.0. The number of amides is 2. The van der Waals surface area contributed by atoms with Crippen molar-refractivity contribution in [3.63, 3.8) is 0 Å². The van der Waals surface area contributed by atoms with Crippen LogP contribution in [0.1, 0.15) is 34.3 Å². The van der Waals surface area contributed by atoms with Gasteiger partial charge in [-0.15, -0.1) is 10.2 Å². The third-order valence-electron chi connectivity index (χ3n) is 6.62. The molecule has 11 heteroatoms. The molecule has 1 saturated heterocycles. The van der Waals surface area contributed by atoms with E-state index in [4.69, 9.17) is 4.74 Å². The highest BCUT2D eigenvalue weighted by molar-refractivity contribution is 9.10. The number of H-pyrrole nitrogens is 1. The molecule has 37 heavy (non-hydrogen) atoms. The molecule has 2 aliphatic rings.